The Kier molecular flexibility index (Phi) is 3.56. The van der Waals surface area contributed by atoms with E-state index in [1.54, 1.807) is 4.90 Å². The van der Waals surface area contributed by atoms with E-state index in [1.807, 2.05) is 20.8 Å². The molecule has 3 atom stereocenters. The van der Waals surface area contributed by atoms with E-state index >= 15 is 0 Å². The first-order valence-electron chi connectivity index (χ1n) is 6.76. The van der Waals surface area contributed by atoms with E-state index in [2.05, 4.69) is 0 Å². The minimum Gasteiger partial charge on any atom is -0.444 e. The summed E-state index contributed by atoms with van der Waals surface area (Å²) in [4.78, 5) is 13.7. The average molecular weight is 266 g/mol. The van der Waals surface area contributed by atoms with Gasteiger partial charge >= 0.3 is 6.09 Å². The van der Waals surface area contributed by atoms with Crippen molar-refractivity contribution in [2.45, 2.75) is 42.8 Å². The van der Waals surface area contributed by atoms with E-state index in [-0.39, 0.29) is 11.8 Å². The maximum atomic E-state index is 12.1. The van der Waals surface area contributed by atoms with Crippen molar-refractivity contribution in [3.05, 3.63) is 0 Å². The van der Waals surface area contributed by atoms with Gasteiger partial charge in [0.05, 0.1) is 31.4 Å². The zero-order chi connectivity index (χ0) is 15.5. The van der Waals surface area contributed by atoms with Crippen molar-refractivity contribution in [3.8, 4) is 0 Å². The molecule has 1 saturated carbocycles. The minimum atomic E-state index is -1.19. The average Bonchev–Trinajstić information content (AvgIpc) is 2.75. The molecule has 2 fully saturated rings. The third kappa shape index (κ3) is 2.40. The zero-order valence-corrected chi connectivity index (χ0v) is 12.3. The Labute approximate surface area is 126 Å². The highest BCUT2D eigenvalue weighted by Gasteiger charge is 2.59. The Bertz CT molecular complexity index is 398. The molecule has 0 spiro atoms. The molecule has 1 amide bonds. The third-order valence-electron chi connectivity index (χ3n) is 4.33. The van der Waals surface area contributed by atoms with Crippen LogP contribution in [0.3, 0.4) is 0 Å². The maximum Gasteiger partial charge on any atom is 0.410 e. The third-order valence-corrected chi connectivity index (χ3v) is 4.33. The van der Waals surface area contributed by atoms with E-state index < -0.39 is 28.2 Å². The van der Waals surface area contributed by atoms with Crippen LogP contribution in [0.5, 0.6) is 0 Å². The minimum absolute atomic E-state index is 0.236. The molecule has 0 aromatic heterocycles. The van der Waals surface area contributed by atoms with E-state index in [4.69, 9.17) is 41.9 Å². The van der Waals surface area contributed by atoms with Crippen molar-refractivity contribution in [2.24, 2.45) is 17.6 Å². The topological polar surface area (TPSA) is 55.6 Å². The molecule has 1 heterocycles. The number of carbonyl (C=O) groups excluding carboxylic acids is 1. The van der Waals surface area contributed by atoms with Crippen LogP contribution >= 0.6 is 0 Å². The highest BCUT2D eigenvalue weighted by molar-refractivity contribution is 6.47. The smallest absolute Gasteiger partial charge is 0.410 e. The normalized spacial score (nSPS) is 34.8. The Hall–Kier alpha value is -0.510. The summed E-state index contributed by atoms with van der Waals surface area (Å²) in [5.41, 5.74) is 5.41. The number of hydrogen-bond donors (Lipinski definition) is 1. The molecule has 2 N–H and O–H groups in total. The van der Waals surface area contributed by atoms with Gasteiger partial charge in [-0.2, -0.15) is 0 Å². The van der Waals surface area contributed by atoms with Gasteiger partial charge in [0.15, 0.2) is 0 Å². The van der Waals surface area contributed by atoms with Gasteiger partial charge in [0.1, 0.15) is 5.60 Å². The first kappa shape index (κ1) is 15.9. The second-order valence-electron chi connectivity index (χ2n) is 7.08. The molecule has 8 heteroatoms. The highest BCUT2D eigenvalue weighted by Crippen LogP contribution is 2.60. The molecule has 0 aromatic rings. The molecule has 4 nitrogen and oxygen atoms in total. The summed E-state index contributed by atoms with van der Waals surface area (Å²) < 4.78 is 5.34. The summed E-state index contributed by atoms with van der Waals surface area (Å²) >= 11 is 0. The Morgan fingerprint density at radius 1 is 1.15 bits per heavy atom. The van der Waals surface area contributed by atoms with Crippen molar-refractivity contribution in [3.63, 3.8) is 0 Å². The van der Waals surface area contributed by atoms with Gasteiger partial charge in [0.25, 0.3) is 0 Å². The van der Waals surface area contributed by atoms with Gasteiger partial charge in [-0.3, -0.25) is 0 Å². The molecule has 1 aliphatic heterocycles. The van der Waals surface area contributed by atoms with Crippen LogP contribution in [0.25, 0.3) is 0 Å². The number of amides is 1. The molecule has 1 aliphatic carbocycles. The Balaban J connectivity index is 2.15. The lowest BCUT2D eigenvalue weighted by molar-refractivity contribution is 0.0278. The predicted octanol–water partition coefficient (Wildman–Crippen LogP) is -0.283. The first-order chi connectivity index (χ1) is 8.87. The van der Waals surface area contributed by atoms with Crippen molar-refractivity contribution in [1.29, 1.82) is 0 Å². The number of hydrogen-bond acceptors (Lipinski definition) is 3. The molecule has 1 unspecified atom stereocenters. The number of likely N-dealkylation sites (tertiary alicyclic amines) is 1. The molecule has 8 radical (unpaired) electrons. The number of ether oxygens (including phenoxy) is 1. The standard InChI is InChI=1S/C12H18B4N2O2/c1-10(2,3)20-9(19)18-4-6-7(5-18)12(15,16)8(17)11(6,13)14/h6-8H,4-5,17H2,1-3H3/t6-,7+,8?. The van der Waals surface area contributed by atoms with E-state index in [0.717, 1.165) is 0 Å². The van der Waals surface area contributed by atoms with Gasteiger partial charge in [-0.05, 0) is 38.6 Å². The second-order valence-corrected chi connectivity index (χ2v) is 7.08. The second kappa shape index (κ2) is 4.49. The van der Waals surface area contributed by atoms with Crippen LogP contribution in [0.4, 0.5) is 4.79 Å². The zero-order valence-electron chi connectivity index (χ0n) is 12.3. The number of carbonyl (C=O) groups is 1. The van der Waals surface area contributed by atoms with Crippen molar-refractivity contribution in [2.75, 3.05) is 13.1 Å². The van der Waals surface area contributed by atoms with E-state index in [1.165, 1.54) is 0 Å². The molecule has 100 valence electrons. The Morgan fingerprint density at radius 2 is 1.55 bits per heavy atom. The highest BCUT2D eigenvalue weighted by atomic mass is 16.6. The van der Waals surface area contributed by atoms with Gasteiger partial charge in [0, 0.05) is 13.1 Å². The quantitative estimate of drug-likeness (QED) is 0.613. The summed E-state index contributed by atoms with van der Waals surface area (Å²) in [6, 6.07) is -0.717. The number of nitrogens with zero attached hydrogens (tertiary/aromatic N) is 1. The lowest BCUT2D eigenvalue weighted by Crippen LogP contribution is -2.46. The number of fused-ring (bicyclic) bond motifs is 1. The maximum absolute atomic E-state index is 12.1. The summed E-state index contributed by atoms with van der Waals surface area (Å²) in [5.74, 6) is -0.472. The fourth-order valence-electron chi connectivity index (χ4n) is 3.19. The monoisotopic (exact) mass is 266 g/mol. The summed E-state index contributed by atoms with van der Waals surface area (Å²) in [5, 5.41) is -2.38. The van der Waals surface area contributed by atoms with Crippen LogP contribution in [-0.4, -0.2) is 67.1 Å². The fourth-order valence-corrected chi connectivity index (χ4v) is 3.19. The van der Waals surface area contributed by atoms with Gasteiger partial charge in [-0.25, -0.2) is 4.79 Å². The molecule has 0 aromatic carbocycles. The van der Waals surface area contributed by atoms with Crippen LogP contribution in [0.15, 0.2) is 0 Å². The van der Waals surface area contributed by atoms with Gasteiger partial charge in [-0.1, -0.05) is 10.4 Å². The fraction of sp³-hybridized carbons (Fsp3) is 0.917. The summed E-state index contributed by atoms with van der Waals surface area (Å²) in [7, 11) is 24.3. The van der Waals surface area contributed by atoms with Crippen LogP contribution in [-0.2, 0) is 4.74 Å². The largest absolute Gasteiger partial charge is 0.444 e. The van der Waals surface area contributed by atoms with E-state index in [0.29, 0.717) is 13.1 Å². The van der Waals surface area contributed by atoms with Crippen LogP contribution in [0.1, 0.15) is 20.8 Å². The van der Waals surface area contributed by atoms with Crippen molar-refractivity contribution >= 4 is 37.5 Å². The van der Waals surface area contributed by atoms with Gasteiger partial charge < -0.3 is 15.4 Å². The van der Waals surface area contributed by atoms with Gasteiger partial charge in [-0.15, -0.1) is 0 Å². The molecule has 0 bridgehead atoms. The molecular formula is C12H18B4N2O2. The molecule has 20 heavy (non-hydrogen) atoms. The molecular weight excluding hydrogens is 247 g/mol. The predicted molar refractivity (Wildman–Crippen MR) is 81.2 cm³/mol. The van der Waals surface area contributed by atoms with Crippen molar-refractivity contribution in [1.82, 2.24) is 4.90 Å². The van der Waals surface area contributed by atoms with E-state index in [9.17, 15) is 4.79 Å². The van der Waals surface area contributed by atoms with Crippen LogP contribution in [0.2, 0.25) is 10.4 Å². The number of nitrogens with two attached hydrogens (primary N) is 1. The van der Waals surface area contributed by atoms with Crippen molar-refractivity contribution < 1.29 is 9.53 Å². The molecule has 2 rings (SSSR count). The summed E-state index contributed by atoms with van der Waals surface area (Å²) in [6.07, 6.45) is -0.410. The summed E-state index contributed by atoms with van der Waals surface area (Å²) in [6.45, 7) is 6.14. The molecule has 1 saturated heterocycles. The lowest BCUT2D eigenvalue weighted by atomic mass is 9.42. The molecule has 2 aliphatic rings. The first-order valence-corrected chi connectivity index (χ1v) is 6.76. The Morgan fingerprint density at radius 3 is 1.90 bits per heavy atom. The van der Waals surface area contributed by atoms with Crippen LogP contribution < -0.4 is 5.73 Å². The lowest BCUT2D eigenvalue weighted by Gasteiger charge is -2.38. The number of rotatable bonds is 0. The van der Waals surface area contributed by atoms with Crippen LogP contribution in [0, 0.1) is 11.8 Å². The van der Waals surface area contributed by atoms with Gasteiger partial charge in [0.2, 0.25) is 0 Å². The SMILES string of the molecule is [B]C1([B])C(N)C([B])([B])[C@H]2CN(C(=O)OC(C)(C)C)C[C@H]21.